The number of nitriles is 1. The molecule has 0 saturated heterocycles. The summed E-state index contributed by atoms with van der Waals surface area (Å²) >= 11 is 1.41. The van der Waals surface area contributed by atoms with Crippen molar-refractivity contribution < 1.29 is 9.47 Å². The van der Waals surface area contributed by atoms with Crippen molar-refractivity contribution in [3.05, 3.63) is 28.6 Å². The minimum Gasteiger partial charge on any atom is -0.486 e. The van der Waals surface area contributed by atoms with Crippen LogP contribution in [0.2, 0.25) is 0 Å². The lowest BCUT2D eigenvalue weighted by Gasteiger charge is -2.18. The molecule has 0 saturated carbocycles. The van der Waals surface area contributed by atoms with E-state index >= 15 is 0 Å². The molecule has 2 N–H and O–H groups in total. The fourth-order valence-electron chi connectivity index (χ4n) is 2.07. The van der Waals surface area contributed by atoms with E-state index in [1.54, 1.807) is 0 Å². The molecule has 1 aromatic carbocycles. The van der Waals surface area contributed by atoms with Crippen LogP contribution in [0.15, 0.2) is 18.2 Å². The number of thiophene rings is 1. The molecule has 1 aromatic heterocycles. The largest absolute Gasteiger partial charge is 0.486 e. The van der Waals surface area contributed by atoms with Crippen LogP contribution in [0.25, 0.3) is 10.4 Å². The molecule has 0 spiro atoms. The summed E-state index contributed by atoms with van der Waals surface area (Å²) in [6.45, 7) is 3.07. The first-order valence-electron chi connectivity index (χ1n) is 5.89. The van der Waals surface area contributed by atoms with Crippen LogP contribution in [-0.4, -0.2) is 13.2 Å². The first-order chi connectivity index (χ1) is 9.20. The van der Waals surface area contributed by atoms with Gasteiger partial charge in [-0.05, 0) is 36.2 Å². The second-order valence-electron chi connectivity index (χ2n) is 4.27. The van der Waals surface area contributed by atoms with Crippen LogP contribution in [-0.2, 0) is 0 Å². The second kappa shape index (κ2) is 4.48. The number of hydrogen-bond donors (Lipinski definition) is 1. The van der Waals surface area contributed by atoms with E-state index in [1.165, 1.54) is 11.3 Å². The van der Waals surface area contributed by atoms with Gasteiger partial charge in [0.25, 0.3) is 0 Å². The summed E-state index contributed by atoms with van der Waals surface area (Å²) in [7, 11) is 0. The maximum atomic E-state index is 9.03. The van der Waals surface area contributed by atoms with E-state index in [1.807, 2.05) is 25.1 Å². The van der Waals surface area contributed by atoms with Gasteiger partial charge < -0.3 is 15.2 Å². The number of fused-ring (bicyclic) bond motifs is 1. The molecular weight excluding hydrogens is 260 g/mol. The van der Waals surface area contributed by atoms with Crippen molar-refractivity contribution in [3.8, 4) is 28.0 Å². The minimum absolute atomic E-state index is 0.558. The molecule has 1 aliphatic heterocycles. The number of nitrogens with zero attached hydrogens (tertiary/aromatic N) is 1. The van der Waals surface area contributed by atoms with Gasteiger partial charge in [0.05, 0.1) is 5.69 Å². The Morgan fingerprint density at radius 1 is 1.26 bits per heavy atom. The molecule has 0 amide bonds. The van der Waals surface area contributed by atoms with E-state index in [0.29, 0.717) is 23.8 Å². The highest BCUT2D eigenvalue weighted by atomic mass is 32.1. The second-order valence-corrected chi connectivity index (χ2v) is 5.29. The molecule has 0 unspecified atom stereocenters. The third-order valence-electron chi connectivity index (χ3n) is 3.10. The molecule has 1 aliphatic rings. The molecular formula is C14H12N2O2S. The Bertz CT molecular complexity index is 685. The fourth-order valence-corrected chi connectivity index (χ4v) is 3.09. The number of hydrogen-bond acceptors (Lipinski definition) is 5. The summed E-state index contributed by atoms with van der Waals surface area (Å²) < 4.78 is 11.1. The number of nitrogens with two attached hydrogens (primary N) is 1. The van der Waals surface area contributed by atoms with Crippen LogP contribution in [0.1, 0.15) is 10.4 Å². The monoisotopic (exact) mass is 272 g/mol. The molecule has 0 aliphatic carbocycles. The van der Waals surface area contributed by atoms with Gasteiger partial charge in [0.15, 0.2) is 11.5 Å². The van der Waals surface area contributed by atoms with E-state index in [2.05, 4.69) is 6.07 Å². The normalized spacial score (nSPS) is 13.1. The van der Waals surface area contributed by atoms with Gasteiger partial charge in [0.1, 0.15) is 24.2 Å². The molecule has 0 atom stereocenters. The Labute approximate surface area is 115 Å². The Hall–Kier alpha value is -2.19. The predicted octanol–water partition coefficient (Wildman–Crippen LogP) is 2.95. The molecule has 4 nitrogen and oxygen atoms in total. The lowest BCUT2D eigenvalue weighted by Crippen LogP contribution is -2.15. The molecule has 0 bridgehead atoms. The van der Waals surface area contributed by atoms with Gasteiger partial charge in [-0.25, -0.2) is 0 Å². The standard InChI is InChI=1S/C14H12N2O2S/c1-8-13(16)12(7-15)19-14(8)9-2-3-10-11(6-9)18-5-4-17-10/h2-3,6H,4-5,16H2,1H3. The average molecular weight is 272 g/mol. The lowest BCUT2D eigenvalue weighted by atomic mass is 10.1. The third kappa shape index (κ3) is 1.90. The van der Waals surface area contributed by atoms with Crippen molar-refractivity contribution >= 4 is 17.0 Å². The molecule has 96 valence electrons. The Balaban J connectivity index is 2.10. The first-order valence-corrected chi connectivity index (χ1v) is 6.71. The van der Waals surface area contributed by atoms with Crippen molar-refractivity contribution in [2.45, 2.75) is 6.92 Å². The third-order valence-corrected chi connectivity index (χ3v) is 4.36. The van der Waals surface area contributed by atoms with Gasteiger partial charge >= 0.3 is 0 Å². The molecule has 0 radical (unpaired) electrons. The summed E-state index contributed by atoms with van der Waals surface area (Å²) in [5.41, 5.74) is 8.43. The SMILES string of the molecule is Cc1c(-c2ccc3c(c2)OCCO3)sc(C#N)c1N. The zero-order valence-corrected chi connectivity index (χ0v) is 11.2. The van der Waals surface area contributed by atoms with Gasteiger partial charge in [-0.15, -0.1) is 11.3 Å². The van der Waals surface area contributed by atoms with E-state index in [9.17, 15) is 0 Å². The highest BCUT2D eigenvalue weighted by molar-refractivity contribution is 7.16. The van der Waals surface area contributed by atoms with Crippen LogP contribution in [0.4, 0.5) is 5.69 Å². The Morgan fingerprint density at radius 3 is 2.68 bits per heavy atom. The van der Waals surface area contributed by atoms with Crippen LogP contribution < -0.4 is 15.2 Å². The van der Waals surface area contributed by atoms with Gasteiger partial charge in [-0.2, -0.15) is 5.26 Å². The maximum absolute atomic E-state index is 9.03. The molecule has 3 rings (SSSR count). The van der Waals surface area contributed by atoms with Crippen molar-refractivity contribution in [3.63, 3.8) is 0 Å². The molecule has 0 fully saturated rings. The van der Waals surface area contributed by atoms with E-state index < -0.39 is 0 Å². The van der Waals surface area contributed by atoms with Crippen molar-refractivity contribution in [1.82, 2.24) is 0 Å². The summed E-state index contributed by atoms with van der Waals surface area (Å²) in [6.07, 6.45) is 0. The lowest BCUT2D eigenvalue weighted by molar-refractivity contribution is 0.171. The van der Waals surface area contributed by atoms with Crippen LogP contribution in [0.5, 0.6) is 11.5 Å². The highest BCUT2D eigenvalue weighted by Gasteiger charge is 2.17. The van der Waals surface area contributed by atoms with Crippen LogP contribution >= 0.6 is 11.3 Å². The number of anilines is 1. The highest BCUT2D eigenvalue weighted by Crippen LogP contribution is 2.41. The predicted molar refractivity (Wildman–Crippen MR) is 74.6 cm³/mol. The molecule has 2 heterocycles. The number of nitrogen functional groups attached to an aromatic ring is 1. The molecule has 2 aromatic rings. The fraction of sp³-hybridized carbons (Fsp3) is 0.214. The average Bonchev–Trinajstić information content (AvgIpc) is 2.74. The topological polar surface area (TPSA) is 68.3 Å². The smallest absolute Gasteiger partial charge is 0.162 e. The summed E-state index contributed by atoms with van der Waals surface area (Å²) in [4.78, 5) is 1.56. The number of rotatable bonds is 1. The zero-order valence-electron chi connectivity index (χ0n) is 10.4. The van der Waals surface area contributed by atoms with Gasteiger partial charge in [-0.3, -0.25) is 0 Å². The summed E-state index contributed by atoms with van der Waals surface area (Å²) in [6, 6.07) is 7.92. The van der Waals surface area contributed by atoms with E-state index in [4.69, 9.17) is 20.5 Å². The minimum atomic E-state index is 0.558. The van der Waals surface area contributed by atoms with E-state index in [0.717, 1.165) is 27.5 Å². The summed E-state index contributed by atoms with van der Waals surface area (Å²) in [5, 5.41) is 9.03. The van der Waals surface area contributed by atoms with Crippen molar-refractivity contribution in [2.24, 2.45) is 0 Å². The van der Waals surface area contributed by atoms with Crippen molar-refractivity contribution in [1.29, 1.82) is 5.26 Å². The van der Waals surface area contributed by atoms with Gasteiger partial charge in [0.2, 0.25) is 0 Å². The summed E-state index contributed by atoms with van der Waals surface area (Å²) in [5.74, 6) is 1.51. The van der Waals surface area contributed by atoms with Crippen molar-refractivity contribution in [2.75, 3.05) is 18.9 Å². The van der Waals surface area contributed by atoms with Crippen LogP contribution in [0, 0.1) is 18.3 Å². The Morgan fingerprint density at radius 2 is 2.00 bits per heavy atom. The quantitative estimate of drug-likeness (QED) is 0.866. The van der Waals surface area contributed by atoms with Gasteiger partial charge in [0, 0.05) is 4.88 Å². The van der Waals surface area contributed by atoms with Crippen LogP contribution in [0.3, 0.4) is 0 Å². The molecule has 19 heavy (non-hydrogen) atoms. The van der Waals surface area contributed by atoms with Gasteiger partial charge in [-0.1, -0.05) is 0 Å². The molecule has 5 heteroatoms. The van der Waals surface area contributed by atoms with E-state index in [-0.39, 0.29) is 0 Å². The number of ether oxygens (including phenoxy) is 2. The number of benzene rings is 1. The Kier molecular flexibility index (Phi) is 2.80. The zero-order chi connectivity index (χ0) is 13.4. The first kappa shape index (κ1) is 11.9. The maximum Gasteiger partial charge on any atom is 0.162 e.